The summed E-state index contributed by atoms with van der Waals surface area (Å²) < 4.78 is 4.57. The summed E-state index contributed by atoms with van der Waals surface area (Å²) in [5, 5.41) is 3.17. The molecule has 0 N–H and O–H groups in total. The van der Waals surface area contributed by atoms with Gasteiger partial charge in [0, 0.05) is 0 Å². The monoisotopic (exact) mass is 157 g/mol. The van der Waals surface area contributed by atoms with E-state index in [2.05, 4.69) is 14.7 Å². The van der Waals surface area contributed by atoms with Crippen molar-refractivity contribution in [2.75, 3.05) is 6.61 Å². The molecule has 1 aliphatic rings. The van der Waals surface area contributed by atoms with Gasteiger partial charge in [-0.3, -0.25) is 4.79 Å². The molecule has 0 bridgehead atoms. The van der Waals surface area contributed by atoms with Crippen molar-refractivity contribution in [3.63, 3.8) is 0 Å². The summed E-state index contributed by atoms with van der Waals surface area (Å²) in [5.74, 6) is -2.25. The Hall–Kier alpha value is -1.39. The average molecular weight is 157 g/mol. The predicted molar refractivity (Wildman–Crippen MR) is 34.7 cm³/mol. The maximum absolute atomic E-state index is 10.8. The lowest BCUT2D eigenvalue weighted by molar-refractivity contribution is -0.155. The quantitative estimate of drug-likeness (QED) is 0.314. The molecule has 0 spiro atoms. The Kier molecular flexibility index (Phi) is 2.20. The van der Waals surface area contributed by atoms with Gasteiger partial charge in [0.05, 0.1) is 12.8 Å². The summed E-state index contributed by atoms with van der Waals surface area (Å²) in [6, 6.07) is 0. The van der Waals surface area contributed by atoms with Crippen molar-refractivity contribution in [3.05, 3.63) is 0 Å². The third-order valence-corrected chi connectivity index (χ3v) is 1.15. The molecule has 5 heteroatoms. The Balaban J connectivity index is 2.53. The second-order valence-corrected chi connectivity index (χ2v) is 1.89. The zero-order valence-electron chi connectivity index (χ0n) is 5.94. The van der Waals surface area contributed by atoms with Gasteiger partial charge in [-0.05, 0) is 6.92 Å². The molecule has 0 aliphatic carbocycles. The van der Waals surface area contributed by atoms with E-state index in [9.17, 15) is 9.59 Å². The van der Waals surface area contributed by atoms with Gasteiger partial charge in [-0.1, -0.05) is 5.16 Å². The average Bonchev–Trinajstić information content (AvgIpc) is 2.36. The minimum Gasteiger partial charge on any atom is -0.465 e. The van der Waals surface area contributed by atoms with E-state index in [4.69, 9.17) is 0 Å². The van der Waals surface area contributed by atoms with Gasteiger partial charge in [0.2, 0.25) is 0 Å². The van der Waals surface area contributed by atoms with Gasteiger partial charge in [-0.2, -0.15) is 0 Å². The van der Waals surface area contributed by atoms with E-state index in [1.54, 1.807) is 6.92 Å². The van der Waals surface area contributed by atoms with Crippen molar-refractivity contribution in [2.24, 2.45) is 11.1 Å². The lowest BCUT2D eigenvalue weighted by atomic mass is 10.2. The summed E-state index contributed by atoms with van der Waals surface area (Å²) in [5.41, 5.74) is 0. The number of carbonyl (C=O) groups excluding carboxylic acids is 2. The lowest BCUT2D eigenvalue weighted by Crippen LogP contribution is -2.24. The van der Waals surface area contributed by atoms with Crippen LogP contribution < -0.4 is 0 Å². The third-order valence-electron chi connectivity index (χ3n) is 1.15. The Bertz CT molecular complexity index is 211. The first-order valence-electron chi connectivity index (χ1n) is 3.16. The van der Waals surface area contributed by atoms with Crippen LogP contribution in [0.2, 0.25) is 0 Å². The Morgan fingerprint density at radius 3 is 3.09 bits per heavy atom. The standard InChI is InChI=1S/C6H7NO4/c1-2-10-5(8)4-3-7-11-6(4)9/h3-4H,2H2,1H3. The molecule has 0 saturated carbocycles. The number of nitrogens with zero attached hydrogens (tertiary/aromatic N) is 1. The van der Waals surface area contributed by atoms with Crippen LogP contribution in [0, 0.1) is 5.92 Å². The Labute approximate surface area is 63.0 Å². The van der Waals surface area contributed by atoms with Crippen LogP contribution in [-0.2, 0) is 19.2 Å². The van der Waals surface area contributed by atoms with E-state index < -0.39 is 17.9 Å². The van der Waals surface area contributed by atoms with Crippen LogP contribution in [0.15, 0.2) is 5.16 Å². The van der Waals surface area contributed by atoms with Crippen LogP contribution in [0.4, 0.5) is 0 Å². The van der Waals surface area contributed by atoms with Crippen LogP contribution in [0.1, 0.15) is 6.92 Å². The molecule has 0 fully saturated rings. The summed E-state index contributed by atoms with van der Waals surface area (Å²) in [6.45, 7) is 1.91. The highest BCUT2D eigenvalue weighted by Crippen LogP contribution is 2.06. The molecule has 0 amide bonds. The maximum atomic E-state index is 10.8. The first-order chi connectivity index (χ1) is 5.25. The van der Waals surface area contributed by atoms with Gasteiger partial charge in [0.15, 0.2) is 5.92 Å². The lowest BCUT2D eigenvalue weighted by Gasteiger charge is -2.01. The number of oxime groups is 1. The van der Waals surface area contributed by atoms with Crippen molar-refractivity contribution < 1.29 is 19.2 Å². The highest BCUT2D eigenvalue weighted by Gasteiger charge is 2.32. The highest BCUT2D eigenvalue weighted by molar-refractivity contribution is 6.10. The van der Waals surface area contributed by atoms with Crippen molar-refractivity contribution in [2.45, 2.75) is 6.92 Å². The molecule has 0 aromatic heterocycles. The number of rotatable bonds is 2. The number of ether oxygens (including phenoxy) is 1. The smallest absolute Gasteiger partial charge is 0.354 e. The molecule has 1 atom stereocenters. The van der Waals surface area contributed by atoms with Gasteiger partial charge >= 0.3 is 11.9 Å². The molecular weight excluding hydrogens is 150 g/mol. The highest BCUT2D eigenvalue weighted by atomic mass is 16.7. The van der Waals surface area contributed by atoms with Crippen molar-refractivity contribution in [3.8, 4) is 0 Å². The van der Waals surface area contributed by atoms with E-state index in [0.717, 1.165) is 6.21 Å². The first-order valence-corrected chi connectivity index (χ1v) is 3.16. The molecule has 0 aromatic rings. The minimum atomic E-state index is -0.963. The van der Waals surface area contributed by atoms with E-state index in [1.165, 1.54) is 0 Å². The molecule has 0 aromatic carbocycles. The van der Waals surface area contributed by atoms with E-state index in [-0.39, 0.29) is 6.61 Å². The van der Waals surface area contributed by atoms with Crippen molar-refractivity contribution >= 4 is 18.2 Å². The van der Waals surface area contributed by atoms with Crippen LogP contribution in [0.3, 0.4) is 0 Å². The Morgan fingerprint density at radius 2 is 2.64 bits per heavy atom. The van der Waals surface area contributed by atoms with Crippen molar-refractivity contribution in [1.29, 1.82) is 0 Å². The first kappa shape index (κ1) is 7.71. The van der Waals surface area contributed by atoms with Gasteiger partial charge < -0.3 is 9.57 Å². The second kappa shape index (κ2) is 3.14. The normalized spacial score (nSPS) is 21.5. The molecule has 11 heavy (non-hydrogen) atoms. The van der Waals surface area contributed by atoms with E-state index in [0.29, 0.717) is 0 Å². The molecule has 1 aliphatic heterocycles. The molecule has 0 radical (unpaired) electrons. The number of hydrogen-bond donors (Lipinski definition) is 0. The van der Waals surface area contributed by atoms with Gasteiger partial charge in [-0.15, -0.1) is 0 Å². The van der Waals surface area contributed by atoms with Crippen molar-refractivity contribution in [1.82, 2.24) is 0 Å². The van der Waals surface area contributed by atoms with Gasteiger partial charge in [0.25, 0.3) is 0 Å². The van der Waals surface area contributed by atoms with Crippen LogP contribution in [-0.4, -0.2) is 24.8 Å². The predicted octanol–water partition coefficient (Wildman–Crippen LogP) is -0.292. The molecule has 0 saturated heterocycles. The molecular formula is C6H7NO4. The maximum Gasteiger partial charge on any atom is 0.354 e. The molecule has 1 rings (SSSR count). The molecule has 1 heterocycles. The van der Waals surface area contributed by atoms with Crippen LogP contribution in [0.5, 0.6) is 0 Å². The fourth-order valence-electron chi connectivity index (χ4n) is 0.650. The molecule has 60 valence electrons. The fraction of sp³-hybridized carbons (Fsp3) is 0.500. The minimum absolute atomic E-state index is 0.246. The van der Waals surface area contributed by atoms with E-state index >= 15 is 0 Å². The third kappa shape index (κ3) is 1.54. The number of hydrogen-bond acceptors (Lipinski definition) is 5. The fourth-order valence-corrected chi connectivity index (χ4v) is 0.650. The van der Waals surface area contributed by atoms with Gasteiger partial charge in [0.1, 0.15) is 0 Å². The van der Waals surface area contributed by atoms with E-state index in [1.807, 2.05) is 0 Å². The number of esters is 1. The summed E-state index contributed by atoms with van der Waals surface area (Å²) in [6.07, 6.45) is 1.13. The zero-order valence-corrected chi connectivity index (χ0v) is 5.94. The zero-order chi connectivity index (χ0) is 8.27. The Morgan fingerprint density at radius 1 is 1.91 bits per heavy atom. The largest absolute Gasteiger partial charge is 0.465 e. The SMILES string of the molecule is CCOC(=O)C1C=NOC1=O. The number of carbonyl (C=O) groups is 2. The topological polar surface area (TPSA) is 65.0 Å². The van der Waals surface area contributed by atoms with Crippen LogP contribution in [0.25, 0.3) is 0 Å². The van der Waals surface area contributed by atoms with Gasteiger partial charge in [-0.25, -0.2) is 4.79 Å². The summed E-state index contributed by atoms with van der Waals surface area (Å²) in [7, 11) is 0. The molecule has 5 nitrogen and oxygen atoms in total. The summed E-state index contributed by atoms with van der Waals surface area (Å²) >= 11 is 0. The second-order valence-electron chi connectivity index (χ2n) is 1.89. The van der Waals surface area contributed by atoms with Crippen LogP contribution >= 0.6 is 0 Å². The summed E-state index contributed by atoms with van der Waals surface area (Å²) in [4.78, 5) is 25.6. The molecule has 1 unspecified atom stereocenters.